The molecule has 1 atom stereocenters. The molecule has 1 rings (SSSR count). The Hall–Kier alpha value is -1.62. The van der Waals surface area contributed by atoms with Crippen molar-refractivity contribution in [2.75, 3.05) is 13.2 Å². The number of pyridine rings is 1. The Bertz CT molecular complexity index is 407. The monoisotopic (exact) mass is 266 g/mol. The van der Waals surface area contributed by atoms with E-state index in [1.54, 1.807) is 18.3 Å². The van der Waals surface area contributed by atoms with Crippen LogP contribution in [-0.2, 0) is 0 Å². The van der Waals surface area contributed by atoms with Gasteiger partial charge in [0.15, 0.2) is 11.4 Å². The first kappa shape index (κ1) is 15.4. The second-order valence-corrected chi connectivity index (χ2v) is 4.77. The van der Waals surface area contributed by atoms with Crippen molar-refractivity contribution in [1.82, 2.24) is 10.3 Å². The zero-order chi connectivity index (χ0) is 14.3. The van der Waals surface area contributed by atoms with E-state index in [-0.39, 0.29) is 24.2 Å². The second kappa shape index (κ2) is 7.74. The van der Waals surface area contributed by atoms with Gasteiger partial charge in [-0.25, -0.2) is 4.98 Å². The van der Waals surface area contributed by atoms with Gasteiger partial charge in [0.05, 0.1) is 19.3 Å². The van der Waals surface area contributed by atoms with Crippen molar-refractivity contribution in [1.29, 1.82) is 0 Å². The van der Waals surface area contributed by atoms with Crippen LogP contribution in [0.4, 0.5) is 0 Å². The van der Waals surface area contributed by atoms with Gasteiger partial charge in [0, 0.05) is 6.20 Å². The van der Waals surface area contributed by atoms with Gasteiger partial charge in [-0.2, -0.15) is 0 Å². The molecule has 5 heteroatoms. The Balaban J connectivity index is 2.76. The molecule has 1 aromatic rings. The van der Waals surface area contributed by atoms with Gasteiger partial charge in [-0.1, -0.05) is 13.8 Å². The minimum atomic E-state index is -0.316. The van der Waals surface area contributed by atoms with Crippen molar-refractivity contribution < 1.29 is 14.6 Å². The van der Waals surface area contributed by atoms with Gasteiger partial charge in [-0.3, -0.25) is 4.79 Å². The van der Waals surface area contributed by atoms with Gasteiger partial charge in [0.1, 0.15) is 0 Å². The highest BCUT2D eigenvalue weighted by atomic mass is 16.5. The van der Waals surface area contributed by atoms with Gasteiger partial charge >= 0.3 is 0 Å². The van der Waals surface area contributed by atoms with Crippen LogP contribution in [0.25, 0.3) is 0 Å². The number of carbonyl (C=O) groups excluding carboxylic acids is 1. The Labute approximate surface area is 114 Å². The summed E-state index contributed by atoms with van der Waals surface area (Å²) >= 11 is 0. The standard InChI is InChI=1S/C14H22N2O3/c1-4-19-12-6-5-7-15-13(12)14(18)16-11(9-17)8-10(2)3/h5-7,10-11,17H,4,8-9H2,1-3H3,(H,16,18). The predicted molar refractivity (Wildman–Crippen MR) is 73.2 cm³/mol. The van der Waals surface area contributed by atoms with Crippen LogP contribution in [0.2, 0.25) is 0 Å². The number of aliphatic hydroxyl groups is 1. The third-order valence-corrected chi connectivity index (χ3v) is 2.60. The SMILES string of the molecule is CCOc1cccnc1C(=O)NC(CO)CC(C)C. The van der Waals surface area contributed by atoms with Gasteiger partial charge in [-0.05, 0) is 31.4 Å². The van der Waals surface area contributed by atoms with Crippen molar-refractivity contribution in [2.24, 2.45) is 5.92 Å². The Kier molecular flexibility index (Phi) is 6.29. The van der Waals surface area contributed by atoms with Crippen molar-refractivity contribution in [3.05, 3.63) is 24.0 Å². The number of aromatic nitrogens is 1. The zero-order valence-electron chi connectivity index (χ0n) is 11.7. The molecule has 1 amide bonds. The lowest BCUT2D eigenvalue weighted by molar-refractivity contribution is 0.0899. The number of rotatable bonds is 7. The average Bonchev–Trinajstić information content (AvgIpc) is 2.38. The summed E-state index contributed by atoms with van der Waals surface area (Å²) in [4.78, 5) is 16.2. The summed E-state index contributed by atoms with van der Waals surface area (Å²) in [6.45, 7) is 6.33. The molecule has 0 aliphatic rings. The van der Waals surface area contributed by atoms with Crippen molar-refractivity contribution in [3.8, 4) is 5.75 Å². The molecule has 0 radical (unpaired) electrons. The van der Waals surface area contributed by atoms with Gasteiger partial charge in [0.25, 0.3) is 5.91 Å². The molecular formula is C14H22N2O3. The summed E-state index contributed by atoms with van der Waals surface area (Å²) in [6, 6.07) is 3.17. The number of ether oxygens (including phenoxy) is 1. The van der Waals surface area contributed by atoms with E-state index in [0.29, 0.717) is 18.3 Å². The molecule has 0 saturated carbocycles. The van der Waals surface area contributed by atoms with Crippen LogP contribution in [-0.4, -0.2) is 35.3 Å². The molecule has 5 nitrogen and oxygen atoms in total. The lowest BCUT2D eigenvalue weighted by Crippen LogP contribution is -2.39. The van der Waals surface area contributed by atoms with Crippen molar-refractivity contribution >= 4 is 5.91 Å². The van der Waals surface area contributed by atoms with Crippen LogP contribution < -0.4 is 10.1 Å². The molecule has 0 fully saturated rings. The van der Waals surface area contributed by atoms with Crippen molar-refractivity contribution in [3.63, 3.8) is 0 Å². The number of hydrogen-bond acceptors (Lipinski definition) is 4. The molecule has 106 valence electrons. The molecule has 0 bridgehead atoms. The van der Waals surface area contributed by atoms with Crippen LogP contribution in [0.1, 0.15) is 37.7 Å². The molecule has 1 heterocycles. The van der Waals surface area contributed by atoms with E-state index in [1.165, 1.54) is 0 Å². The fourth-order valence-corrected chi connectivity index (χ4v) is 1.83. The van der Waals surface area contributed by atoms with Crippen molar-refractivity contribution in [2.45, 2.75) is 33.2 Å². The minimum Gasteiger partial charge on any atom is -0.491 e. The van der Waals surface area contributed by atoms with E-state index in [0.717, 1.165) is 6.42 Å². The Morgan fingerprint density at radius 1 is 1.53 bits per heavy atom. The molecule has 1 unspecified atom stereocenters. The highest BCUT2D eigenvalue weighted by Gasteiger charge is 2.18. The highest BCUT2D eigenvalue weighted by Crippen LogP contribution is 2.15. The molecule has 1 aromatic heterocycles. The molecule has 0 spiro atoms. The number of amides is 1. The van der Waals surface area contributed by atoms with Gasteiger partial charge in [-0.15, -0.1) is 0 Å². The Morgan fingerprint density at radius 3 is 2.84 bits per heavy atom. The fourth-order valence-electron chi connectivity index (χ4n) is 1.83. The normalized spacial score (nSPS) is 12.3. The van der Waals surface area contributed by atoms with Crippen LogP contribution in [0.5, 0.6) is 5.75 Å². The van der Waals surface area contributed by atoms with Crippen LogP contribution in [0.3, 0.4) is 0 Å². The van der Waals surface area contributed by atoms with E-state index in [9.17, 15) is 9.90 Å². The maximum absolute atomic E-state index is 12.1. The summed E-state index contributed by atoms with van der Waals surface area (Å²) in [5.74, 6) is 0.542. The molecule has 2 N–H and O–H groups in total. The third kappa shape index (κ3) is 4.87. The number of nitrogens with zero attached hydrogens (tertiary/aromatic N) is 1. The fraction of sp³-hybridized carbons (Fsp3) is 0.571. The number of nitrogens with one attached hydrogen (secondary N) is 1. The number of aliphatic hydroxyl groups excluding tert-OH is 1. The quantitative estimate of drug-likeness (QED) is 0.786. The summed E-state index contributed by atoms with van der Waals surface area (Å²) in [5, 5.41) is 12.1. The van der Waals surface area contributed by atoms with Crippen LogP contribution in [0, 0.1) is 5.92 Å². The predicted octanol–water partition coefficient (Wildman–Crippen LogP) is 1.62. The highest BCUT2D eigenvalue weighted by molar-refractivity contribution is 5.95. The maximum Gasteiger partial charge on any atom is 0.274 e. The molecular weight excluding hydrogens is 244 g/mol. The zero-order valence-corrected chi connectivity index (χ0v) is 11.7. The number of carbonyl (C=O) groups is 1. The molecule has 19 heavy (non-hydrogen) atoms. The molecule has 0 aliphatic carbocycles. The first-order valence-electron chi connectivity index (χ1n) is 6.58. The molecule has 0 aliphatic heterocycles. The maximum atomic E-state index is 12.1. The van der Waals surface area contributed by atoms with Gasteiger partial charge in [0.2, 0.25) is 0 Å². The third-order valence-electron chi connectivity index (χ3n) is 2.60. The molecule has 0 saturated heterocycles. The largest absolute Gasteiger partial charge is 0.491 e. The second-order valence-electron chi connectivity index (χ2n) is 4.77. The average molecular weight is 266 g/mol. The van der Waals surface area contributed by atoms with Crippen LogP contribution in [0.15, 0.2) is 18.3 Å². The first-order chi connectivity index (χ1) is 9.08. The smallest absolute Gasteiger partial charge is 0.274 e. The summed E-state index contributed by atoms with van der Waals surface area (Å²) < 4.78 is 5.37. The van der Waals surface area contributed by atoms with Crippen LogP contribution >= 0.6 is 0 Å². The number of hydrogen-bond donors (Lipinski definition) is 2. The van der Waals surface area contributed by atoms with E-state index in [4.69, 9.17) is 4.74 Å². The summed E-state index contributed by atoms with van der Waals surface area (Å²) in [7, 11) is 0. The minimum absolute atomic E-state index is 0.0826. The topological polar surface area (TPSA) is 71.5 Å². The van der Waals surface area contributed by atoms with E-state index in [1.807, 2.05) is 20.8 Å². The van der Waals surface area contributed by atoms with E-state index < -0.39 is 0 Å². The lowest BCUT2D eigenvalue weighted by Gasteiger charge is -2.18. The van der Waals surface area contributed by atoms with E-state index >= 15 is 0 Å². The summed E-state index contributed by atoms with van der Waals surface area (Å²) in [5.41, 5.74) is 0.256. The van der Waals surface area contributed by atoms with E-state index in [2.05, 4.69) is 10.3 Å². The Morgan fingerprint density at radius 2 is 2.26 bits per heavy atom. The summed E-state index contributed by atoms with van der Waals surface area (Å²) in [6.07, 6.45) is 2.27. The first-order valence-corrected chi connectivity index (χ1v) is 6.58. The molecule has 0 aromatic carbocycles. The van der Waals surface area contributed by atoms with Gasteiger partial charge < -0.3 is 15.2 Å². The lowest BCUT2D eigenvalue weighted by atomic mass is 10.0.